The van der Waals surface area contributed by atoms with Crippen molar-refractivity contribution in [1.82, 2.24) is 9.62 Å². The third-order valence-corrected chi connectivity index (χ3v) is 5.65. The summed E-state index contributed by atoms with van der Waals surface area (Å²) in [7, 11) is -3.40. The van der Waals surface area contributed by atoms with Gasteiger partial charge in [0.05, 0.1) is 6.26 Å². The first-order valence-corrected chi connectivity index (χ1v) is 10.4. The van der Waals surface area contributed by atoms with Crippen molar-refractivity contribution >= 4 is 15.9 Å². The number of hydrogen-bond acceptors (Lipinski definition) is 3. The molecule has 0 unspecified atom stereocenters. The average Bonchev–Trinajstić information content (AvgIpc) is 2.58. The molecule has 0 radical (unpaired) electrons. The van der Waals surface area contributed by atoms with Crippen LogP contribution in [0.1, 0.15) is 28.7 Å². The van der Waals surface area contributed by atoms with Crippen LogP contribution in [0.2, 0.25) is 0 Å². The minimum Gasteiger partial charge on any atom is -0.352 e. The predicted molar refractivity (Wildman–Crippen MR) is 104 cm³/mol. The Balaban J connectivity index is 1.94. The zero-order chi connectivity index (χ0) is 19.2. The van der Waals surface area contributed by atoms with Crippen LogP contribution < -0.4 is 5.32 Å². The molecule has 140 valence electrons. The molecule has 0 saturated heterocycles. The summed E-state index contributed by atoms with van der Waals surface area (Å²) in [6, 6.07) is 15.5. The third kappa shape index (κ3) is 5.97. The van der Waals surface area contributed by atoms with Gasteiger partial charge in [-0.15, -0.1) is 0 Å². The van der Waals surface area contributed by atoms with E-state index >= 15 is 0 Å². The Kier molecular flexibility index (Phi) is 6.94. The van der Waals surface area contributed by atoms with Crippen molar-refractivity contribution in [2.24, 2.45) is 0 Å². The summed E-state index contributed by atoms with van der Waals surface area (Å²) in [5, 5.41) is 2.86. The number of rotatable bonds is 8. The topological polar surface area (TPSA) is 66.5 Å². The summed E-state index contributed by atoms with van der Waals surface area (Å²) in [4.78, 5) is 12.1. The molecule has 0 heterocycles. The highest BCUT2D eigenvalue weighted by molar-refractivity contribution is 7.88. The average molecular weight is 375 g/mol. The predicted octanol–water partition coefficient (Wildman–Crippen LogP) is 2.77. The highest BCUT2D eigenvalue weighted by atomic mass is 32.2. The van der Waals surface area contributed by atoms with Crippen LogP contribution in [0.15, 0.2) is 48.5 Å². The van der Waals surface area contributed by atoms with Gasteiger partial charge in [-0.1, -0.05) is 48.5 Å². The van der Waals surface area contributed by atoms with E-state index in [0.717, 1.165) is 22.3 Å². The number of carbonyl (C=O) groups excluding carboxylic acids is 1. The van der Waals surface area contributed by atoms with Crippen LogP contribution in [0.5, 0.6) is 0 Å². The molecule has 6 heteroatoms. The molecule has 0 bridgehead atoms. The van der Waals surface area contributed by atoms with Crippen LogP contribution in [0, 0.1) is 13.8 Å². The Bertz CT molecular complexity index is 863. The number of amides is 1. The number of sulfonamides is 1. The smallest absolute Gasteiger partial charge is 0.221 e. The van der Waals surface area contributed by atoms with Gasteiger partial charge in [0.2, 0.25) is 15.9 Å². The van der Waals surface area contributed by atoms with Crippen molar-refractivity contribution < 1.29 is 13.2 Å². The summed E-state index contributed by atoms with van der Waals surface area (Å²) in [6.07, 6.45) is 1.31. The molecule has 1 N–H and O–H groups in total. The van der Waals surface area contributed by atoms with E-state index in [1.807, 2.05) is 62.4 Å². The van der Waals surface area contributed by atoms with Gasteiger partial charge in [-0.25, -0.2) is 8.42 Å². The molecule has 2 rings (SSSR count). The molecule has 1 amide bonds. The zero-order valence-electron chi connectivity index (χ0n) is 15.5. The number of nitrogens with zero attached hydrogens (tertiary/aromatic N) is 1. The van der Waals surface area contributed by atoms with Crippen LogP contribution in [0.25, 0.3) is 0 Å². The Labute approximate surface area is 156 Å². The number of carbonyl (C=O) groups is 1. The van der Waals surface area contributed by atoms with E-state index in [9.17, 15) is 13.2 Å². The van der Waals surface area contributed by atoms with Crippen molar-refractivity contribution in [2.75, 3.05) is 12.8 Å². The van der Waals surface area contributed by atoms with Crippen LogP contribution in [0.4, 0.5) is 0 Å². The standard InChI is InChI=1S/C20H26N2O3S/c1-16-8-4-6-10-18(16)14-21-20(23)12-13-22(26(3,24)25)15-19-11-7-5-9-17(19)2/h4-11H,12-15H2,1-3H3,(H,21,23). The fourth-order valence-corrected chi connectivity index (χ4v) is 3.45. The lowest BCUT2D eigenvalue weighted by atomic mass is 10.1. The fourth-order valence-electron chi connectivity index (χ4n) is 2.66. The van der Waals surface area contributed by atoms with Crippen LogP contribution in [-0.2, 0) is 27.9 Å². The normalized spacial score (nSPS) is 11.5. The van der Waals surface area contributed by atoms with E-state index < -0.39 is 10.0 Å². The Morgan fingerprint density at radius 2 is 1.50 bits per heavy atom. The number of aryl methyl sites for hydroxylation is 2. The van der Waals surface area contributed by atoms with Gasteiger partial charge in [-0.2, -0.15) is 4.31 Å². The highest BCUT2D eigenvalue weighted by Crippen LogP contribution is 2.13. The van der Waals surface area contributed by atoms with Gasteiger partial charge in [-0.3, -0.25) is 4.79 Å². The number of nitrogens with one attached hydrogen (secondary N) is 1. The Morgan fingerprint density at radius 3 is 2.04 bits per heavy atom. The maximum atomic E-state index is 12.1. The van der Waals surface area contributed by atoms with E-state index in [2.05, 4.69) is 5.32 Å². The van der Waals surface area contributed by atoms with Gasteiger partial charge in [0.25, 0.3) is 0 Å². The van der Waals surface area contributed by atoms with Gasteiger partial charge >= 0.3 is 0 Å². The maximum Gasteiger partial charge on any atom is 0.221 e. The van der Waals surface area contributed by atoms with Crippen molar-refractivity contribution in [3.8, 4) is 0 Å². The lowest BCUT2D eigenvalue weighted by molar-refractivity contribution is -0.121. The summed E-state index contributed by atoms with van der Waals surface area (Å²) in [5.74, 6) is -0.160. The van der Waals surface area contributed by atoms with Gasteiger partial charge in [-0.05, 0) is 36.1 Å². The molecule has 0 fully saturated rings. The van der Waals surface area contributed by atoms with Gasteiger partial charge in [0, 0.05) is 26.1 Å². The quantitative estimate of drug-likeness (QED) is 0.773. The minimum absolute atomic E-state index is 0.130. The molecule has 0 spiro atoms. The molecule has 0 aliphatic rings. The largest absolute Gasteiger partial charge is 0.352 e. The second kappa shape index (κ2) is 8.96. The lowest BCUT2D eigenvalue weighted by Gasteiger charge is -2.21. The second-order valence-corrected chi connectivity index (χ2v) is 8.46. The van der Waals surface area contributed by atoms with Crippen molar-refractivity contribution in [3.63, 3.8) is 0 Å². The molecule has 0 saturated carbocycles. The Morgan fingerprint density at radius 1 is 0.962 bits per heavy atom. The van der Waals surface area contributed by atoms with E-state index in [1.165, 1.54) is 10.6 Å². The number of benzene rings is 2. The molecule has 2 aromatic rings. The SMILES string of the molecule is Cc1ccccc1CNC(=O)CCN(Cc1ccccc1C)S(C)(=O)=O. The first-order chi connectivity index (χ1) is 12.3. The molecule has 5 nitrogen and oxygen atoms in total. The van der Waals surface area contributed by atoms with Gasteiger partial charge in [0.15, 0.2) is 0 Å². The summed E-state index contributed by atoms with van der Waals surface area (Å²) >= 11 is 0. The number of hydrogen-bond donors (Lipinski definition) is 1. The van der Waals surface area contributed by atoms with Crippen LogP contribution in [0.3, 0.4) is 0 Å². The van der Waals surface area contributed by atoms with Crippen LogP contribution >= 0.6 is 0 Å². The fraction of sp³-hybridized carbons (Fsp3) is 0.350. The van der Waals surface area contributed by atoms with E-state index in [4.69, 9.17) is 0 Å². The zero-order valence-corrected chi connectivity index (χ0v) is 16.3. The van der Waals surface area contributed by atoms with Gasteiger partial charge < -0.3 is 5.32 Å². The Hall–Kier alpha value is -2.18. The summed E-state index contributed by atoms with van der Waals surface area (Å²) in [6.45, 7) is 4.82. The minimum atomic E-state index is -3.40. The summed E-state index contributed by atoms with van der Waals surface area (Å²) in [5.41, 5.74) is 4.15. The van der Waals surface area contributed by atoms with Crippen molar-refractivity contribution in [2.45, 2.75) is 33.4 Å². The third-order valence-electron chi connectivity index (χ3n) is 4.40. The first kappa shape index (κ1) is 20.1. The molecule has 0 aliphatic carbocycles. The molecular weight excluding hydrogens is 348 g/mol. The highest BCUT2D eigenvalue weighted by Gasteiger charge is 2.19. The molecule has 0 atom stereocenters. The molecule has 0 aliphatic heterocycles. The van der Waals surface area contributed by atoms with E-state index in [0.29, 0.717) is 6.54 Å². The maximum absolute atomic E-state index is 12.1. The summed E-state index contributed by atoms with van der Waals surface area (Å²) < 4.78 is 25.5. The van der Waals surface area contributed by atoms with Gasteiger partial charge in [0.1, 0.15) is 0 Å². The van der Waals surface area contributed by atoms with Crippen LogP contribution in [-0.4, -0.2) is 31.4 Å². The second-order valence-electron chi connectivity index (χ2n) is 6.48. The molecule has 0 aromatic heterocycles. The molecular formula is C20H26N2O3S. The monoisotopic (exact) mass is 374 g/mol. The van der Waals surface area contributed by atoms with E-state index in [1.54, 1.807) is 0 Å². The molecule has 2 aromatic carbocycles. The van der Waals surface area contributed by atoms with E-state index in [-0.39, 0.29) is 25.4 Å². The molecule has 26 heavy (non-hydrogen) atoms. The lowest BCUT2D eigenvalue weighted by Crippen LogP contribution is -2.34. The first-order valence-electron chi connectivity index (χ1n) is 8.58. The van der Waals surface area contributed by atoms with Crippen molar-refractivity contribution in [1.29, 1.82) is 0 Å². The van der Waals surface area contributed by atoms with Crippen molar-refractivity contribution in [3.05, 3.63) is 70.8 Å².